The van der Waals surface area contributed by atoms with Gasteiger partial charge in [-0.05, 0) is 56.0 Å². The molecule has 4 aromatic rings. The molecule has 1 N–H and O–H groups in total. The first kappa shape index (κ1) is 26.5. The normalized spacial score (nSPS) is 17.5. The van der Waals surface area contributed by atoms with Crippen LogP contribution in [0.25, 0.3) is 17.1 Å². The molecule has 0 saturated carbocycles. The summed E-state index contributed by atoms with van der Waals surface area (Å²) in [5.41, 5.74) is 2.83. The zero-order valence-electron chi connectivity index (χ0n) is 22.0. The average Bonchev–Trinajstić information content (AvgIpc) is 3.35. The van der Waals surface area contributed by atoms with Crippen LogP contribution in [0.4, 0.5) is 5.95 Å². The van der Waals surface area contributed by atoms with E-state index in [1.807, 2.05) is 19.9 Å². The van der Waals surface area contributed by atoms with E-state index in [0.717, 1.165) is 11.1 Å². The summed E-state index contributed by atoms with van der Waals surface area (Å²) in [5, 5.41) is 7.64. The number of hydrogen-bond acceptors (Lipinski definition) is 10. The molecule has 13 heteroatoms. The lowest BCUT2D eigenvalue weighted by atomic mass is 10.1. The molecule has 0 amide bonds. The highest BCUT2D eigenvalue weighted by Gasteiger charge is 2.40. The fraction of sp³-hybridized carbons (Fsp3) is 0.346. The molecule has 1 aliphatic heterocycles. The molecule has 1 aromatic carbocycles. The lowest BCUT2D eigenvalue weighted by molar-refractivity contribution is 0.0126. The highest BCUT2D eigenvalue weighted by atomic mass is 32.2. The number of pyridine rings is 1. The monoisotopic (exact) mass is 551 g/mol. The van der Waals surface area contributed by atoms with Gasteiger partial charge in [0.15, 0.2) is 11.6 Å². The lowest BCUT2D eigenvalue weighted by Gasteiger charge is -2.30. The first-order chi connectivity index (χ1) is 18.8. The van der Waals surface area contributed by atoms with Crippen LogP contribution in [0.15, 0.2) is 49.1 Å². The zero-order valence-corrected chi connectivity index (χ0v) is 22.8. The quantitative estimate of drug-likeness (QED) is 0.346. The van der Waals surface area contributed by atoms with Crippen molar-refractivity contribution in [2.45, 2.75) is 38.0 Å². The zero-order chi connectivity index (χ0) is 27.6. The van der Waals surface area contributed by atoms with Crippen molar-refractivity contribution in [2.75, 3.05) is 25.5 Å². The SMILES string of the molecule is COc1cccc(OC)c1-n1c(NS(=O)(=O)[C@H]2CCCO[C@H]2c2ncc(C)cn2)nnc1-c1cncc(C)c1. The van der Waals surface area contributed by atoms with Gasteiger partial charge in [-0.15, -0.1) is 10.2 Å². The van der Waals surface area contributed by atoms with Crippen molar-refractivity contribution < 1.29 is 22.6 Å². The lowest BCUT2D eigenvalue weighted by Crippen LogP contribution is -2.39. The molecule has 12 nitrogen and oxygen atoms in total. The number of sulfonamides is 1. The molecule has 0 unspecified atom stereocenters. The van der Waals surface area contributed by atoms with E-state index in [1.54, 1.807) is 47.6 Å². The molecule has 3 aromatic heterocycles. The molecule has 1 fully saturated rings. The Kier molecular flexibility index (Phi) is 7.44. The molecule has 1 saturated heterocycles. The number of methoxy groups -OCH3 is 2. The Hall–Kier alpha value is -4.10. The van der Waals surface area contributed by atoms with Gasteiger partial charge >= 0.3 is 0 Å². The van der Waals surface area contributed by atoms with E-state index in [9.17, 15) is 8.42 Å². The molecule has 4 heterocycles. The van der Waals surface area contributed by atoms with Gasteiger partial charge in [0.2, 0.25) is 16.0 Å². The van der Waals surface area contributed by atoms with Crippen molar-refractivity contribution in [1.29, 1.82) is 0 Å². The van der Waals surface area contributed by atoms with E-state index in [-0.39, 0.29) is 5.95 Å². The van der Waals surface area contributed by atoms with E-state index in [0.29, 0.717) is 53.8 Å². The fourth-order valence-electron chi connectivity index (χ4n) is 4.54. The van der Waals surface area contributed by atoms with Crippen molar-refractivity contribution in [2.24, 2.45) is 0 Å². The molecule has 0 bridgehead atoms. The third kappa shape index (κ3) is 5.27. The Labute approximate surface area is 226 Å². The second kappa shape index (κ2) is 10.9. The molecule has 39 heavy (non-hydrogen) atoms. The van der Waals surface area contributed by atoms with Crippen molar-refractivity contribution in [3.05, 3.63) is 66.0 Å². The number of rotatable bonds is 8. The van der Waals surface area contributed by atoms with Crippen LogP contribution in [-0.4, -0.2) is 64.2 Å². The minimum atomic E-state index is -4.07. The van der Waals surface area contributed by atoms with Crippen LogP contribution in [0.3, 0.4) is 0 Å². The molecule has 0 spiro atoms. The van der Waals surface area contributed by atoms with Crippen LogP contribution in [-0.2, 0) is 14.8 Å². The van der Waals surface area contributed by atoms with E-state index in [1.165, 1.54) is 14.2 Å². The fourth-order valence-corrected chi connectivity index (χ4v) is 6.08. The molecule has 204 valence electrons. The minimum absolute atomic E-state index is 0.0385. The Morgan fingerprint density at radius 1 is 1.00 bits per heavy atom. The maximum absolute atomic E-state index is 13.9. The van der Waals surface area contributed by atoms with E-state index >= 15 is 0 Å². The predicted molar refractivity (Wildman–Crippen MR) is 143 cm³/mol. The Morgan fingerprint density at radius 3 is 2.38 bits per heavy atom. The third-order valence-corrected chi connectivity index (χ3v) is 8.12. The van der Waals surface area contributed by atoms with Crippen LogP contribution < -0.4 is 14.2 Å². The number of nitrogens with one attached hydrogen (secondary N) is 1. The molecule has 1 aliphatic rings. The number of aromatic nitrogens is 6. The Morgan fingerprint density at radius 2 is 1.72 bits per heavy atom. The summed E-state index contributed by atoms with van der Waals surface area (Å²) < 4.78 is 49.2. The van der Waals surface area contributed by atoms with Crippen molar-refractivity contribution in [3.63, 3.8) is 0 Å². The summed E-state index contributed by atoms with van der Waals surface area (Å²) >= 11 is 0. The van der Waals surface area contributed by atoms with Gasteiger partial charge in [0.25, 0.3) is 0 Å². The second-order valence-electron chi connectivity index (χ2n) is 9.18. The Bertz CT molecular complexity index is 1550. The summed E-state index contributed by atoms with van der Waals surface area (Å²) in [4.78, 5) is 12.9. The molecule has 5 rings (SSSR count). The van der Waals surface area contributed by atoms with E-state index in [4.69, 9.17) is 14.2 Å². The van der Waals surface area contributed by atoms with E-state index in [2.05, 4.69) is 29.9 Å². The predicted octanol–water partition coefficient (Wildman–Crippen LogP) is 3.42. The number of anilines is 1. The number of nitrogens with zero attached hydrogens (tertiary/aromatic N) is 6. The second-order valence-corrected chi connectivity index (χ2v) is 11.1. The topological polar surface area (TPSA) is 143 Å². The van der Waals surface area contributed by atoms with Crippen LogP contribution in [0.2, 0.25) is 0 Å². The van der Waals surface area contributed by atoms with Crippen LogP contribution in [0, 0.1) is 13.8 Å². The summed E-state index contributed by atoms with van der Waals surface area (Å²) in [5.74, 6) is 1.50. The maximum Gasteiger partial charge on any atom is 0.243 e. The molecular weight excluding hydrogens is 522 g/mol. The van der Waals surface area contributed by atoms with E-state index < -0.39 is 21.4 Å². The first-order valence-electron chi connectivity index (χ1n) is 12.3. The van der Waals surface area contributed by atoms with Gasteiger partial charge in [-0.3, -0.25) is 14.3 Å². The van der Waals surface area contributed by atoms with Crippen molar-refractivity contribution >= 4 is 16.0 Å². The van der Waals surface area contributed by atoms with Gasteiger partial charge in [-0.2, -0.15) is 0 Å². The van der Waals surface area contributed by atoms with Gasteiger partial charge in [-0.25, -0.2) is 18.4 Å². The maximum atomic E-state index is 13.9. The highest BCUT2D eigenvalue weighted by molar-refractivity contribution is 7.93. The third-order valence-electron chi connectivity index (χ3n) is 6.38. The van der Waals surface area contributed by atoms with Crippen LogP contribution in [0.1, 0.15) is 35.9 Å². The first-order valence-corrected chi connectivity index (χ1v) is 13.9. The number of para-hydroxylation sites is 1. The smallest absolute Gasteiger partial charge is 0.243 e. The Balaban J connectivity index is 1.62. The molecule has 0 aliphatic carbocycles. The molecule has 0 radical (unpaired) electrons. The highest BCUT2D eigenvalue weighted by Crippen LogP contribution is 2.39. The van der Waals surface area contributed by atoms with Gasteiger partial charge in [0, 0.05) is 37.0 Å². The minimum Gasteiger partial charge on any atom is -0.494 e. The number of ether oxygens (including phenoxy) is 3. The summed E-state index contributed by atoms with van der Waals surface area (Å²) in [7, 11) is -1.03. The molecular formula is C26H29N7O5S. The molecule has 2 atom stereocenters. The summed E-state index contributed by atoms with van der Waals surface area (Å²) in [6.45, 7) is 4.18. The standard InChI is InChI=1S/C26H29N7O5S/c1-16-11-18(15-27-12-16)25-30-31-26(33(25)22-19(36-3)7-5-8-20(22)37-4)32-39(34,35)21-9-6-10-38-23(21)24-28-13-17(2)14-29-24/h5,7-8,11-15,21,23H,6,9-10H2,1-4H3,(H,31,32)/t21-,23+/m0/s1. The van der Waals surface area contributed by atoms with Crippen molar-refractivity contribution in [3.8, 4) is 28.6 Å². The number of aryl methyl sites for hydroxylation is 2. The number of hydrogen-bond donors (Lipinski definition) is 1. The summed E-state index contributed by atoms with van der Waals surface area (Å²) in [6.07, 6.45) is 6.73. The summed E-state index contributed by atoms with van der Waals surface area (Å²) in [6, 6.07) is 7.14. The van der Waals surface area contributed by atoms with Gasteiger partial charge in [0.1, 0.15) is 28.5 Å². The largest absolute Gasteiger partial charge is 0.494 e. The van der Waals surface area contributed by atoms with Gasteiger partial charge in [0.05, 0.1) is 14.2 Å². The van der Waals surface area contributed by atoms with Gasteiger partial charge < -0.3 is 14.2 Å². The van der Waals surface area contributed by atoms with Crippen LogP contribution >= 0.6 is 0 Å². The number of benzene rings is 1. The van der Waals surface area contributed by atoms with Gasteiger partial charge in [-0.1, -0.05) is 6.07 Å². The average molecular weight is 552 g/mol. The van der Waals surface area contributed by atoms with Crippen molar-refractivity contribution in [1.82, 2.24) is 29.7 Å². The van der Waals surface area contributed by atoms with Crippen LogP contribution in [0.5, 0.6) is 11.5 Å².